The number of carbonyl (C=O) groups excluding carboxylic acids is 2. The van der Waals surface area contributed by atoms with Gasteiger partial charge in [-0.25, -0.2) is 17.9 Å². The SMILES string of the molecule is CCNS(=O)(=O)c1cccc(C(=O)OC(C)C(C)=O)c1. The Labute approximate surface area is 118 Å². The molecule has 1 aromatic carbocycles. The molecule has 7 heteroatoms. The average molecular weight is 299 g/mol. The van der Waals surface area contributed by atoms with E-state index in [4.69, 9.17) is 4.74 Å². The number of nitrogens with one attached hydrogen (secondary N) is 1. The lowest BCUT2D eigenvalue weighted by atomic mass is 10.2. The first kappa shape index (κ1) is 16.3. The largest absolute Gasteiger partial charge is 0.451 e. The van der Waals surface area contributed by atoms with E-state index in [0.29, 0.717) is 0 Å². The number of Topliss-reactive ketones (excluding diaryl/α,β-unsaturated/α-hetero) is 1. The zero-order valence-corrected chi connectivity index (χ0v) is 12.4. The van der Waals surface area contributed by atoms with Crippen LogP contribution in [0.15, 0.2) is 29.2 Å². The number of rotatable bonds is 6. The second-order valence-corrected chi connectivity index (χ2v) is 5.95. The molecule has 1 unspecified atom stereocenters. The Morgan fingerprint density at radius 2 is 2.00 bits per heavy atom. The normalized spacial score (nSPS) is 12.8. The molecule has 0 saturated carbocycles. The molecule has 1 rings (SSSR count). The number of hydrogen-bond acceptors (Lipinski definition) is 5. The van der Waals surface area contributed by atoms with Gasteiger partial charge in [-0.05, 0) is 32.0 Å². The Balaban J connectivity index is 2.99. The van der Waals surface area contributed by atoms with E-state index in [1.54, 1.807) is 6.92 Å². The second-order valence-electron chi connectivity index (χ2n) is 4.19. The van der Waals surface area contributed by atoms with Gasteiger partial charge in [0.05, 0.1) is 10.5 Å². The number of carbonyl (C=O) groups is 2. The van der Waals surface area contributed by atoms with Crippen molar-refractivity contribution in [2.24, 2.45) is 0 Å². The highest BCUT2D eigenvalue weighted by atomic mass is 32.2. The van der Waals surface area contributed by atoms with Crippen molar-refractivity contribution in [1.29, 1.82) is 0 Å². The van der Waals surface area contributed by atoms with Crippen molar-refractivity contribution in [2.45, 2.75) is 31.8 Å². The third kappa shape index (κ3) is 4.14. The molecule has 1 atom stereocenters. The van der Waals surface area contributed by atoms with Crippen LogP contribution in [-0.2, 0) is 19.6 Å². The maximum Gasteiger partial charge on any atom is 0.338 e. The van der Waals surface area contributed by atoms with E-state index in [-0.39, 0.29) is 22.8 Å². The van der Waals surface area contributed by atoms with Crippen molar-refractivity contribution >= 4 is 21.8 Å². The number of ketones is 1. The molecule has 0 saturated heterocycles. The second kappa shape index (κ2) is 6.62. The van der Waals surface area contributed by atoms with Gasteiger partial charge in [-0.15, -0.1) is 0 Å². The molecule has 20 heavy (non-hydrogen) atoms. The van der Waals surface area contributed by atoms with Gasteiger partial charge in [-0.3, -0.25) is 4.79 Å². The fraction of sp³-hybridized carbons (Fsp3) is 0.385. The molecule has 0 aliphatic rings. The van der Waals surface area contributed by atoms with Gasteiger partial charge >= 0.3 is 5.97 Å². The monoisotopic (exact) mass is 299 g/mol. The molecule has 0 fully saturated rings. The van der Waals surface area contributed by atoms with Crippen molar-refractivity contribution < 1.29 is 22.7 Å². The highest BCUT2D eigenvalue weighted by Gasteiger charge is 2.18. The minimum atomic E-state index is -3.64. The minimum Gasteiger partial charge on any atom is -0.451 e. The Bertz CT molecular complexity index is 609. The van der Waals surface area contributed by atoms with E-state index in [1.807, 2.05) is 0 Å². The molecule has 0 heterocycles. The fourth-order valence-electron chi connectivity index (χ4n) is 1.38. The molecule has 0 bridgehead atoms. The molecule has 1 N–H and O–H groups in total. The quantitative estimate of drug-likeness (QED) is 0.795. The number of benzene rings is 1. The summed E-state index contributed by atoms with van der Waals surface area (Å²) in [5.41, 5.74) is 0.0806. The molecule has 110 valence electrons. The van der Waals surface area contributed by atoms with Gasteiger partial charge in [0, 0.05) is 6.54 Å². The Morgan fingerprint density at radius 1 is 1.35 bits per heavy atom. The molecule has 0 spiro atoms. The van der Waals surface area contributed by atoms with Crippen LogP contribution >= 0.6 is 0 Å². The lowest BCUT2D eigenvalue weighted by Gasteiger charge is -2.11. The van der Waals surface area contributed by atoms with E-state index in [2.05, 4.69) is 4.72 Å². The van der Waals surface area contributed by atoms with Crippen LogP contribution in [0.25, 0.3) is 0 Å². The summed E-state index contributed by atoms with van der Waals surface area (Å²) in [4.78, 5) is 22.8. The third-order valence-electron chi connectivity index (χ3n) is 2.57. The summed E-state index contributed by atoms with van der Waals surface area (Å²) in [7, 11) is -3.64. The highest BCUT2D eigenvalue weighted by Crippen LogP contribution is 2.13. The van der Waals surface area contributed by atoms with Gasteiger partial charge in [0.25, 0.3) is 0 Å². The summed E-state index contributed by atoms with van der Waals surface area (Å²) >= 11 is 0. The summed E-state index contributed by atoms with van der Waals surface area (Å²) in [6.07, 6.45) is -0.864. The average Bonchev–Trinajstić information content (AvgIpc) is 2.38. The standard InChI is InChI=1S/C13H17NO5S/c1-4-14-20(17,18)12-7-5-6-11(8-12)13(16)19-10(3)9(2)15/h5-8,10,14H,4H2,1-3H3. The third-order valence-corrected chi connectivity index (χ3v) is 4.11. The van der Waals surface area contributed by atoms with E-state index in [0.717, 1.165) is 0 Å². The fourth-order valence-corrected chi connectivity index (χ4v) is 2.46. The maximum absolute atomic E-state index is 11.8. The first-order valence-corrected chi connectivity index (χ1v) is 7.57. The molecule has 1 aromatic rings. The Hall–Kier alpha value is -1.73. The van der Waals surface area contributed by atoms with Gasteiger partial charge in [-0.2, -0.15) is 0 Å². The van der Waals surface area contributed by atoms with Crippen LogP contribution in [0.4, 0.5) is 0 Å². The maximum atomic E-state index is 11.8. The zero-order valence-electron chi connectivity index (χ0n) is 11.5. The first-order chi connectivity index (χ1) is 9.27. The number of sulfonamides is 1. The van der Waals surface area contributed by atoms with Crippen LogP contribution in [-0.4, -0.2) is 32.8 Å². The first-order valence-electron chi connectivity index (χ1n) is 6.09. The lowest BCUT2D eigenvalue weighted by molar-refractivity contribution is -0.124. The molecule has 6 nitrogen and oxygen atoms in total. The summed E-state index contributed by atoms with van der Waals surface area (Å²) < 4.78 is 30.9. The van der Waals surface area contributed by atoms with Crippen molar-refractivity contribution in [3.63, 3.8) is 0 Å². The number of ether oxygens (including phenoxy) is 1. The molecule has 0 aliphatic heterocycles. The van der Waals surface area contributed by atoms with E-state index >= 15 is 0 Å². The smallest absolute Gasteiger partial charge is 0.338 e. The van der Waals surface area contributed by atoms with Crippen molar-refractivity contribution in [3.05, 3.63) is 29.8 Å². The van der Waals surface area contributed by atoms with Gasteiger partial charge in [0.1, 0.15) is 0 Å². The van der Waals surface area contributed by atoms with E-state index < -0.39 is 22.1 Å². The van der Waals surface area contributed by atoms with Crippen LogP contribution in [0.2, 0.25) is 0 Å². The Morgan fingerprint density at radius 3 is 2.55 bits per heavy atom. The lowest BCUT2D eigenvalue weighted by Crippen LogP contribution is -2.24. The van der Waals surface area contributed by atoms with E-state index in [1.165, 1.54) is 38.1 Å². The molecule has 0 radical (unpaired) electrons. The van der Waals surface area contributed by atoms with Crippen LogP contribution in [0.1, 0.15) is 31.1 Å². The topological polar surface area (TPSA) is 89.5 Å². The molecule has 0 amide bonds. The van der Waals surface area contributed by atoms with Crippen LogP contribution in [0, 0.1) is 0 Å². The van der Waals surface area contributed by atoms with Crippen LogP contribution in [0.5, 0.6) is 0 Å². The zero-order chi connectivity index (χ0) is 15.3. The van der Waals surface area contributed by atoms with Gasteiger partial charge in [-0.1, -0.05) is 13.0 Å². The van der Waals surface area contributed by atoms with Crippen LogP contribution < -0.4 is 4.72 Å². The van der Waals surface area contributed by atoms with Crippen molar-refractivity contribution in [3.8, 4) is 0 Å². The van der Waals surface area contributed by atoms with E-state index in [9.17, 15) is 18.0 Å². The molecule has 0 aliphatic carbocycles. The molecular weight excluding hydrogens is 282 g/mol. The van der Waals surface area contributed by atoms with Gasteiger partial charge in [0.15, 0.2) is 11.9 Å². The number of hydrogen-bond donors (Lipinski definition) is 1. The highest BCUT2D eigenvalue weighted by molar-refractivity contribution is 7.89. The summed E-state index contributed by atoms with van der Waals surface area (Å²) in [6.45, 7) is 4.67. The number of esters is 1. The minimum absolute atomic E-state index is 0.0238. The van der Waals surface area contributed by atoms with Crippen molar-refractivity contribution in [2.75, 3.05) is 6.54 Å². The molecular formula is C13H17NO5S. The predicted octanol–water partition coefficient (Wildman–Crippen LogP) is 1.12. The summed E-state index contributed by atoms with van der Waals surface area (Å²) in [6, 6.07) is 5.47. The van der Waals surface area contributed by atoms with Crippen molar-refractivity contribution in [1.82, 2.24) is 4.72 Å². The summed E-state index contributed by atoms with van der Waals surface area (Å²) in [5.74, 6) is -1.02. The van der Waals surface area contributed by atoms with Crippen LogP contribution in [0.3, 0.4) is 0 Å². The van der Waals surface area contributed by atoms with Gasteiger partial charge in [0.2, 0.25) is 10.0 Å². The predicted molar refractivity (Wildman–Crippen MR) is 72.9 cm³/mol. The van der Waals surface area contributed by atoms with Gasteiger partial charge < -0.3 is 4.74 Å². The summed E-state index contributed by atoms with van der Waals surface area (Å²) in [5, 5.41) is 0. The Kier molecular flexibility index (Phi) is 5.41. The molecule has 0 aromatic heterocycles.